The van der Waals surface area contributed by atoms with Crippen LogP contribution in [0.1, 0.15) is 39.5 Å². The second-order valence-electron chi connectivity index (χ2n) is 7.66. The molecule has 3 aromatic rings. The van der Waals surface area contributed by atoms with Crippen LogP contribution in [0.5, 0.6) is 0 Å². The van der Waals surface area contributed by atoms with Crippen LogP contribution in [-0.4, -0.2) is 39.3 Å². The monoisotopic (exact) mass is 527 g/mol. The second kappa shape index (κ2) is 9.88. The number of ketones is 1. The Kier molecular flexibility index (Phi) is 6.86. The van der Waals surface area contributed by atoms with Crippen LogP contribution in [0.25, 0.3) is 5.76 Å². The first kappa shape index (κ1) is 25.0. The van der Waals surface area contributed by atoms with Gasteiger partial charge in [-0.15, -0.1) is 0 Å². The Hall–Kier alpha value is -4.09. The van der Waals surface area contributed by atoms with Gasteiger partial charge in [0.1, 0.15) is 10.6 Å². The average Bonchev–Trinajstić information content (AvgIpc) is 3.36. The lowest BCUT2D eigenvalue weighted by Crippen LogP contribution is -2.29. The van der Waals surface area contributed by atoms with E-state index in [2.05, 4.69) is 4.98 Å². The normalized spacial score (nSPS) is 16.9. The number of anilines is 1. The first-order valence-corrected chi connectivity index (χ1v) is 11.8. The fourth-order valence-electron chi connectivity index (χ4n) is 3.79. The van der Waals surface area contributed by atoms with Gasteiger partial charge in [0, 0.05) is 22.7 Å². The molecule has 1 amide bonds. The molecule has 4 rings (SSSR count). The fourth-order valence-corrected chi connectivity index (χ4v) is 4.90. The number of carbonyl (C=O) groups is 3. The number of hydrogen-bond donors (Lipinski definition) is 1. The minimum atomic E-state index is -1.25. The molecule has 0 bridgehead atoms. The van der Waals surface area contributed by atoms with E-state index in [0.29, 0.717) is 5.02 Å². The number of aryl methyl sites for hydroxylation is 1. The Morgan fingerprint density at radius 3 is 2.58 bits per heavy atom. The predicted octanol–water partition coefficient (Wildman–Crippen LogP) is 4.82. The average molecular weight is 528 g/mol. The molecule has 0 saturated carbocycles. The molecule has 0 spiro atoms. The van der Waals surface area contributed by atoms with Crippen LogP contribution >= 0.6 is 22.9 Å². The van der Waals surface area contributed by atoms with Gasteiger partial charge in [-0.3, -0.25) is 24.6 Å². The van der Waals surface area contributed by atoms with Crippen molar-refractivity contribution in [2.45, 2.75) is 19.9 Å². The van der Waals surface area contributed by atoms with E-state index in [1.54, 1.807) is 13.8 Å². The van der Waals surface area contributed by atoms with Crippen molar-refractivity contribution < 1.29 is 29.2 Å². The molecule has 2 aromatic carbocycles. The molecule has 0 aliphatic carbocycles. The highest BCUT2D eigenvalue weighted by atomic mass is 35.5. The first-order chi connectivity index (χ1) is 17.1. The number of non-ortho nitro benzene ring substituents is 1. The summed E-state index contributed by atoms with van der Waals surface area (Å²) in [4.78, 5) is 55.1. The second-order valence-corrected chi connectivity index (χ2v) is 9.07. The van der Waals surface area contributed by atoms with Gasteiger partial charge in [-0.25, -0.2) is 9.78 Å². The van der Waals surface area contributed by atoms with Gasteiger partial charge in [0.05, 0.1) is 28.8 Å². The zero-order chi connectivity index (χ0) is 26.1. The number of aliphatic hydroxyl groups is 1. The third kappa shape index (κ3) is 4.45. The van der Waals surface area contributed by atoms with Crippen molar-refractivity contribution in [2.75, 3.05) is 11.5 Å². The maximum absolute atomic E-state index is 13.3. The fraction of sp³-hybridized carbons (Fsp3) is 0.167. The van der Waals surface area contributed by atoms with Crippen molar-refractivity contribution in [2.24, 2.45) is 0 Å². The number of Topliss-reactive ketones (excluding diaryl/α,β-unsaturated/α-hetero) is 1. The van der Waals surface area contributed by atoms with E-state index in [0.717, 1.165) is 16.2 Å². The Bertz CT molecular complexity index is 1430. The van der Waals surface area contributed by atoms with E-state index in [1.165, 1.54) is 48.5 Å². The largest absolute Gasteiger partial charge is 0.507 e. The molecule has 36 heavy (non-hydrogen) atoms. The molecule has 0 radical (unpaired) electrons. The van der Waals surface area contributed by atoms with Crippen LogP contribution in [-0.2, 0) is 14.3 Å². The molecule has 2 heterocycles. The Morgan fingerprint density at radius 2 is 1.94 bits per heavy atom. The van der Waals surface area contributed by atoms with E-state index in [1.807, 2.05) is 0 Å². The van der Waals surface area contributed by atoms with Gasteiger partial charge in [0.15, 0.2) is 5.13 Å². The third-order valence-electron chi connectivity index (χ3n) is 5.41. The number of nitro groups is 1. The third-order valence-corrected chi connectivity index (χ3v) is 6.80. The van der Waals surface area contributed by atoms with Crippen LogP contribution in [0.2, 0.25) is 5.02 Å². The molecule has 12 heteroatoms. The molecule has 1 aliphatic rings. The molecule has 1 atom stereocenters. The summed E-state index contributed by atoms with van der Waals surface area (Å²) in [6, 6.07) is 10.1. The topological polar surface area (TPSA) is 140 Å². The van der Waals surface area contributed by atoms with Crippen molar-refractivity contribution in [1.82, 2.24) is 4.98 Å². The number of nitro benzene ring substituents is 1. The summed E-state index contributed by atoms with van der Waals surface area (Å²) in [7, 11) is 0. The summed E-state index contributed by atoms with van der Waals surface area (Å²) in [5.74, 6) is -3.14. The maximum atomic E-state index is 13.3. The van der Waals surface area contributed by atoms with Crippen LogP contribution in [0, 0.1) is 17.0 Å². The van der Waals surface area contributed by atoms with E-state index in [9.17, 15) is 29.6 Å². The number of halogens is 1. The van der Waals surface area contributed by atoms with Crippen LogP contribution in [0.15, 0.2) is 54.1 Å². The number of aliphatic hydroxyl groups excluding tert-OH is 1. The highest BCUT2D eigenvalue weighted by molar-refractivity contribution is 7.17. The standard InChI is InChI=1S/C24H18ClN3O7S/c1-3-35-23(32)21-12(2)26-24(36-21)27-18(14-5-4-6-16(11-14)28(33)34)17(20(30)22(27)31)19(29)13-7-9-15(25)10-8-13/h4-11,18,29H,3H2,1-2H3/t18-/m1/s1. The summed E-state index contributed by atoms with van der Waals surface area (Å²) in [6.45, 7) is 3.33. The molecule has 184 valence electrons. The van der Waals surface area contributed by atoms with Crippen LogP contribution in [0.3, 0.4) is 0 Å². The SMILES string of the molecule is CCOC(=O)c1sc(N2C(=O)C(=O)C(=C(O)c3ccc(Cl)cc3)[C@H]2c2cccc([N+](=O)[O-])c2)nc1C. The molecule has 1 N–H and O–H groups in total. The zero-order valence-electron chi connectivity index (χ0n) is 18.9. The Labute approximate surface area is 213 Å². The Balaban J connectivity index is 1.94. The zero-order valence-corrected chi connectivity index (χ0v) is 20.5. The summed E-state index contributed by atoms with van der Waals surface area (Å²) in [5, 5.41) is 22.9. The van der Waals surface area contributed by atoms with Crippen LogP contribution < -0.4 is 4.90 Å². The minimum absolute atomic E-state index is 0.00400. The maximum Gasteiger partial charge on any atom is 0.350 e. The van der Waals surface area contributed by atoms with Crippen molar-refractivity contribution in [3.63, 3.8) is 0 Å². The van der Waals surface area contributed by atoms with E-state index < -0.39 is 34.4 Å². The number of carbonyl (C=O) groups excluding carboxylic acids is 3. The number of aromatic nitrogens is 1. The molecule has 1 fully saturated rings. The van der Waals surface area contributed by atoms with Gasteiger partial charge in [-0.05, 0) is 43.7 Å². The highest BCUT2D eigenvalue weighted by Gasteiger charge is 2.48. The van der Waals surface area contributed by atoms with Crippen LogP contribution in [0.4, 0.5) is 10.8 Å². The van der Waals surface area contributed by atoms with Gasteiger partial charge in [0.2, 0.25) is 0 Å². The Morgan fingerprint density at radius 1 is 1.25 bits per heavy atom. The molecule has 0 unspecified atom stereocenters. The van der Waals surface area contributed by atoms with E-state index >= 15 is 0 Å². The van der Waals surface area contributed by atoms with E-state index in [-0.39, 0.29) is 44.7 Å². The van der Waals surface area contributed by atoms with Crippen molar-refractivity contribution >= 4 is 57.2 Å². The van der Waals surface area contributed by atoms with Crippen molar-refractivity contribution in [3.8, 4) is 0 Å². The molecule has 1 aromatic heterocycles. The van der Waals surface area contributed by atoms with Gasteiger partial charge in [-0.2, -0.15) is 0 Å². The lowest BCUT2D eigenvalue weighted by Gasteiger charge is -2.22. The number of esters is 1. The number of rotatable bonds is 6. The van der Waals surface area contributed by atoms with Gasteiger partial charge in [0.25, 0.3) is 11.5 Å². The number of ether oxygens (including phenoxy) is 1. The van der Waals surface area contributed by atoms with E-state index in [4.69, 9.17) is 16.3 Å². The minimum Gasteiger partial charge on any atom is -0.507 e. The smallest absolute Gasteiger partial charge is 0.350 e. The molecular formula is C24H18ClN3O7S. The molecule has 10 nitrogen and oxygen atoms in total. The number of thiazole rings is 1. The van der Waals surface area contributed by atoms with Gasteiger partial charge >= 0.3 is 11.9 Å². The quantitative estimate of drug-likeness (QED) is 0.120. The summed E-state index contributed by atoms with van der Waals surface area (Å²) in [6.07, 6.45) is 0. The summed E-state index contributed by atoms with van der Waals surface area (Å²) < 4.78 is 5.04. The van der Waals surface area contributed by atoms with Crippen molar-refractivity contribution in [1.29, 1.82) is 0 Å². The molecule has 1 aliphatic heterocycles. The van der Waals surface area contributed by atoms with Crippen molar-refractivity contribution in [3.05, 3.63) is 90.9 Å². The number of amides is 1. The summed E-state index contributed by atoms with van der Waals surface area (Å²) in [5.41, 5.74) is 0.145. The number of hydrogen-bond acceptors (Lipinski definition) is 9. The van der Waals surface area contributed by atoms with Gasteiger partial charge in [-0.1, -0.05) is 35.1 Å². The first-order valence-electron chi connectivity index (χ1n) is 10.6. The molecular weight excluding hydrogens is 510 g/mol. The lowest BCUT2D eigenvalue weighted by atomic mass is 9.95. The number of benzene rings is 2. The highest BCUT2D eigenvalue weighted by Crippen LogP contribution is 2.44. The lowest BCUT2D eigenvalue weighted by molar-refractivity contribution is -0.384. The molecule has 1 saturated heterocycles. The summed E-state index contributed by atoms with van der Waals surface area (Å²) >= 11 is 6.78. The predicted molar refractivity (Wildman–Crippen MR) is 132 cm³/mol. The number of nitrogens with zero attached hydrogens (tertiary/aromatic N) is 3. The van der Waals surface area contributed by atoms with Gasteiger partial charge < -0.3 is 9.84 Å².